The molecule has 1 aliphatic heterocycles. The zero-order chi connectivity index (χ0) is 15.6. The summed E-state index contributed by atoms with van der Waals surface area (Å²) in [5.74, 6) is 0. The van der Waals surface area contributed by atoms with Crippen molar-refractivity contribution >= 4 is 21.4 Å². The van der Waals surface area contributed by atoms with E-state index in [1.165, 1.54) is 7.05 Å². The highest BCUT2D eigenvalue weighted by molar-refractivity contribution is 7.89. The fourth-order valence-corrected chi connectivity index (χ4v) is 3.62. The average Bonchev–Trinajstić information content (AvgIpc) is 2.46. The standard InChI is InChI=1S/C14H24N4O2S/c1-4-17-7-8-18(10-11(17)2)12-5-6-14(13(15)9-12)21(19,20)16-3/h5-6,9,11,16H,4,7-8,10,15H2,1-3H3. The summed E-state index contributed by atoms with van der Waals surface area (Å²) in [6, 6.07) is 5.63. The van der Waals surface area contributed by atoms with Crippen molar-refractivity contribution in [1.29, 1.82) is 0 Å². The van der Waals surface area contributed by atoms with E-state index in [0.29, 0.717) is 6.04 Å². The third-order valence-corrected chi connectivity index (χ3v) is 5.58. The Morgan fingerprint density at radius 2 is 2.10 bits per heavy atom. The van der Waals surface area contributed by atoms with Gasteiger partial charge in [-0.3, -0.25) is 4.90 Å². The molecule has 2 rings (SSSR count). The van der Waals surface area contributed by atoms with Crippen LogP contribution in [0.15, 0.2) is 23.1 Å². The zero-order valence-electron chi connectivity index (χ0n) is 12.8. The molecular formula is C14H24N4O2S. The van der Waals surface area contributed by atoms with Crippen molar-refractivity contribution in [2.45, 2.75) is 24.8 Å². The average molecular weight is 312 g/mol. The SMILES string of the molecule is CCN1CCN(c2ccc(S(=O)(=O)NC)c(N)c2)CC1C. The summed E-state index contributed by atoms with van der Waals surface area (Å²) < 4.78 is 26.0. The van der Waals surface area contributed by atoms with Crippen LogP contribution < -0.4 is 15.4 Å². The Hall–Kier alpha value is -1.31. The number of hydrogen-bond acceptors (Lipinski definition) is 5. The molecule has 1 aromatic rings. The summed E-state index contributed by atoms with van der Waals surface area (Å²) in [4.78, 5) is 4.82. The molecule has 21 heavy (non-hydrogen) atoms. The molecule has 1 fully saturated rings. The molecule has 1 atom stereocenters. The highest BCUT2D eigenvalue weighted by Gasteiger charge is 2.23. The van der Waals surface area contributed by atoms with E-state index in [4.69, 9.17) is 5.73 Å². The van der Waals surface area contributed by atoms with E-state index in [2.05, 4.69) is 28.4 Å². The zero-order valence-corrected chi connectivity index (χ0v) is 13.7. The summed E-state index contributed by atoms with van der Waals surface area (Å²) in [5, 5.41) is 0. The molecule has 1 saturated heterocycles. The lowest BCUT2D eigenvalue weighted by Gasteiger charge is -2.40. The molecule has 1 aromatic carbocycles. The van der Waals surface area contributed by atoms with Crippen LogP contribution in [-0.4, -0.2) is 52.6 Å². The van der Waals surface area contributed by atoms with Gasteiger partial charge in [0.2, 0.25) is 10.0 Å². The highest BCUT2D eigenvalue weighted by atomic mass is 32.2. The second kappa shape index (κ2) is 6.21. The fourth-order valence-electron chi connectivity index (χ4n) is 2.79. The van der Waals surface area contributed by atoms with Crippen molar-refractivity contribution in [2.75, 3.05) is 43.9 Å². The van der Waals surface area contributed by atoms with E-state index in [1.54, 1.807) is 12.1 Å². The van der Waals surface area contributed by atoms with Crippen molar-refractivity contribution in [3.8, 4) is 0 Å². The number of rotatable bonds is 4. The molecule has 0 radical (unpaired) electrons. The van der Waals surface area contributed by atoms with Crippen molar-refractivity contribution in [1.82, 2.24) is 9.62 Å². The van der Waals surface area contributed by atoms with Crippen LogP contribution in [0.3, 0.4) is 0 Å². The van der Waals surface area contributed by atoms with Gasteiger partial charge in [0.15, 0.2) is 0 Å². The molecule has 7 heteroatoms. The second-order valence-corrected chi connectivity index (χ2v) is 7.21. The Morgan fingerprint density at radius 1 is 1.38 bits per heavy atom. The van der Waals surface area contributed by atoms with Crippen molar-refractivity contribution in [3.05, 3.63) is 18.2 Å². The summed E-state index contributed by atoms with van der Waals surface area (Å²) in [7, 11) is -2.12. The van der Waals surface area contributed by atoms with Crippen LogP contribution in [0, 0.1) is 0 Å². The first-order valence-electron chi connectivity index (χ1n) is 7.21. The van der Waals surface area contributed by atoms with E-state index in [1.807, 2.05) is 6.07 Å². The molecule has 0 aliphatic carbocycles. The van der Waals surface area contributed by atoms with Gasteiger partial charge in [0.25, 0.3) is 0 Å². The van der Waals surface area contributed by atoms with Gasteiger partial charge in [-0.25, -0.2) is 13.1 Å². The summed E-state index contributed by atoms with van der Waals surface area (Å²) in [5.41, 5.74) is 7.18. The number of nitrogen functional groups attached to an aromatic ring is 1. The number of piperazine rings is 1. The third-order valence-electron chi connectivity index (χ3n) is 4.09. The monoisotopic (exact) mass is 312 g/mol. The Kier molecular flexibility index (Phi) is 4.75. The van der Waals surface area contributed by atoms with Crippen LogP contribution in [0.25, 0.3) is 0 Å². The van der Waals surface area contributed by atoms with E-state index in [0.717, 1.165) is 31.9 Å². The number of benzene rings is 1. The summed E-state index contributed by atoms with van der Waals surface area (Å²) in [6.45, 7) is 8.28. The van der Waals surface area contributed by atoms with Crippen LogP contribution in [0.4, 0.5) is 11.4 Å². The highest BCUT2D eigenvalue weighted by Crippen LogP contribution is 2.26. The van der Waals surface area contributed by atoms with Gasteiger partial charge in [-0.15, -0.1) is 0 Å². The Balaban J connectivity index is 2.22. The summed E-state index contributed by atoms with van der Waals surface area (Å²) in [6.07, 6.45) is 0. The predicted octanol–water partition coefficient (Wildman–Crippen LogP) is 0.707. The number of nitrogens with zero attached hydrogens (tertiary/aromatic N) is 2. The van der Waals surface area contributed by atoms with Gasteiger partial charge >= 0.3 is 0 Å². The predicted molar refractivity (Wildman–Crippen MR) is 86.0 cm³/mol. The molecule has 1 aliphatic rings. The number of sulfonamides is 1. The maximum absolute atomic E-state index is 11.8. The normalized spacial score (nSPS) is 20.7. The fraction of sp³-hybridized carbons (Fsp3) is 0.571. The molecule has 6 nitrogen and oxygen atoms in total. The third kappa shape index (κ3) is 3.30. The second-order valence-electron chi connectivity index (χ2n) is 5.35. The van der Waals surface area contributed by atoms with E-state index < -0.39 is 10.0 Å². The van der Waals surface area contributed by atoms with Crippen LogP contribution in [0.2, 0.25) is 0 Å². The Bertz CT molecular complexity index is 603. The molecular weight excluding hydrogens is 288 g/mol. The lowest BCUT2D eigenvalue weighted by Crippen LogP contribution is -2.51. The minimum atomic E-state index is -3.50. The number of likely N-dealkylation sites (N-methyl/N-ethyl adjacent to an activating group) is 1. The smallest absolute Gasteiger partial charge is 0.242 e. The van der Waals surface area contributed by atoms with Crippen LogP contribution >= 0.6 is 0 Å². The molecule has 3 N–H and O–H groups in total. The van der Waals surface area contributed by atoms with E-state index in [9.17, 15) is 8.42 Å². The molecule has 0 saturated carbocycles. The first kappa shape index (κ1) is 16.1. The lowest BCUT2D eigenvalue weighted by molar-refractivity contribution is 0.199. The quantitative estimate of drug-likeness (QED) is 0.801. The molecule has 0 spiro atoms. The van der Waals surface area contributed by atoms with Crippen molar-refractivity contribution < 1.29 is 8.42 Å². The molecule has 0 aromatic heterocycles. The van der Waals surface area contributed by atoms with Gasteiger partial charge in [-0.05, 0) is 38.7 Å². The number of hydrogen-bond donors (Lipinski definition) is 2. The minimum absolute atomic E-state index is 0.133. The first-order valence-corrected chi connectivity index (χ1v) is 8.69. The van der Waals surface area contributed by atoms with E-state index >= 15 is 0 Å². The van der Waals surface area contributed by atoms with Crippen molar-refractivity contribution in [3.63, 3.8) is 0 Å². The van der Waals surface area contributed by atoms with Gasteiger partial charge in [0.05, 0.1) is 5.69 Å². The molecule has 118 valence electrons. The van der Waals surface area contributed by atoms with Gasteiger partial charge in [0, 0.05) is 31.4 Å². The largest absolute Gasteiger partial charge is 0.398 e. The Morgan fingerprint density at radius 3 is 2.62 bits per heavy atom. The molecule has 1 heterocycles. The summed E-state index contributed by atoms with van der Waals surface area (Å²) >= 11 is 0. The number of anilines is 2. The molecule has 0 bridgehead atoms. The van der Waals surface area contributed by atoms with Gasteiger partial charge in [0.1, 0.15) is 4.90 Å². The van der Waals surface area contributed by atoms with Crippen LogP contribution in [0.1, 0.15) is 13.8 Å². The minimum Gasteiger partial charge on any atom is -0.398 e. The van der Waals surface area contributed by atoms with Crippen LogP contribution in [0.5, 0.6) is 0 Å². The van der Waals surface area contributed by atoms with E-state index in [-0.39, 0.29) is 10.6 Å². The van der Waals surface area contributed by atoms with Gasteiger partial charge in [-0.1, -0.05) is 6.92 Å². The number of nitrogens with one attached hydrogen (secondary N) is 1. The van der Waals surface area contributed by atoms with Gasteiger partial charge in [-0.2, -0.15) is 0 Å². The lowest BCUT2D eigenvalue weighted by atomic mass is 10.1. The van der Waals surface area contributed by atoms with Crippen molar-refractivity contribution in [2.24, 2.45) is 0 Å². The first-order chi connectivity index (χ1) is 9.89. The topological polar surface area (TPSA) is 78.7 Å². The maximum atomic E-state index is 11.8. The number of nitrogens with two attached hydrogens (primary N) is 1. The van der Waals surface area contributed by atoms with Crippen LogP contribution in [-0.2, 0) is 10.0 Å². The Labute approximate surface area is 127 Å². The van der Waals surface area contributed by atoms with Gasteiger partial charge < -0.3 is 10.6 Å². The maximum Gasteiger partial charge on any atom is 0.242 e. The molecule has 0 amide bonds. The molecule has 1 unspecified atom stereocenters.